The molecule has 2 saturated heterocycles. The highest BCUT2D eigenvalue weighted by atomic mass is 15.3. The van der Waals surface area contributed by atoms with Gasteiger partial charge >= 0.3 is 0 Å². The fourth-order valence-electron chi connectivity index (χ4n) is 3.90. The van der Waals surface area contributed by atoms with Crippen LogP contribution in [0.2, 0.25) is 0 Å². The van der Waals surface area contributed by atoms with Crippen LogP contribution in [0.3, 0.4) is 0 Å². The van der Waals surface area contributed by atoms with Crippen LogP contribution in [-0.4, -0.2) is 53.5 Å². The molecule has 19 heavy (non-hydrogen) atoms. The number of nitrogens with one attached hydrogen (secondary N) is 1. The number of hydrogen-bond donors (Lipinski definition) is 1. The van der Waals surface area contributed by atoms with Crippen molar-refractivity contribution in [3.8, 4) is 0 Å². The van der Waals surface area contributed by atoms with Crippen LogP contribution in [-0.2, 0) is 0 Å². The number of rotatable bonds is 1. The monoisotopic (exact) mass is 258 g/mol. The van der Waals surface area contributed by atoms with Gasteiger partial charge in [0, 0.05) is 38.4 Å². The molecule has 2 atom stereocenters. The Kier molecular flexibility index (Phi) is 2.93. The van der Waals surface area contributed by atoms with Crippen molar-refractivity contribution in [3.63, 3.8) is 0 Å². The Labute approximate surface area is 114 Å². The molecule has 1 aromatic heterocycles. The molecule has 2 unspecified atom stereocenters. The normalized spacial score (nSPS) is 31.6. The maximum Gasteiger partial charge on any atom is 0.0824 e. The Hall–Kier alpha value is -1.13. The third-order valence-corrected chi connectivity index (χ3v) is 4.95. The third-order valence-electron chi connectivity index (χ3n) is 4.95. The van der Waals surface area contributed by atoms with Gasteiger partial charge in [-0.15, -0.1) is 0 Å². The molecule has 4 heteroatoms. The van der Waals surface area contributed by atoms with Crippen LogP contribution >= 0.6 is 0 Å². The zero-order valence-electron chi connectivity index (χ0n) is 11.4. The maximum absolute atomic E-state index is 4.60. The van der Waals surface area contributed by atoms with E-state index < -0.39 is 0 Å². The Morgan fingerprint density at radius 2 is 2.11 bits per heavy atom. The molecule has 0 spiro atoms. The molecule has 3 aliphatic rings. The lowest BCUT2D eigenvalue weighted by Gasteiger charge is -2.45. The molecule has 3 aliphatic heterocycles. The first-order chi connectivity index (χ1) is 9.42. The van der Waals surface area contributed by atoms with E-state index in [0.717, 1.165) is 12.6 Å². The number of nitrogens with zero attached hydrogens (tertiary/aromatic N) is 3. The van der Waals surface area contributed by atoms with Crippen LogP contribution in [0.15, 0.2) is 18.3 Å². The summed E-state index contributed by atoms with van der Waals surface area (Å²) in [5.41, 5.74) is 2.49. The molecule has 2 fully saturated rings. The van der Waals surface area contributed by atoms with Crippen LogP contribution in [0.1, 0.15) is 31.0 Å². The molecule has 0 radical (unpaired) electrons. The van der Waals surface area contributed by atoms with Crippen molar-refractivity contribution >= 4 is 5.69 Å². The highest BCUT2D eigenvalue weighted by molar-refractivity contribution is 5.53. The zero-order valence-corrected chi connectivity index (χ0v) is 11.4. The van der Waals surface area contributed by atoms with Gasteiger partial charge in [0.05, 0.1) is 17.4 Å². The van der Waals surface area contributed by atoms with Crippen molar-refractivity contribution < 1.29 is 0 Å². The van der Waals surface area contributed by atoms with Gasteiger partial charge in [-0.2, -0.15) is 0 Å². The maximum atomic E-state index is 4.60. The number of piperazine rings is 1. The Balaban J connectivity index is 1.52. The molecule has 4 nitrogen and oxygen atoms in total. The fourth-order valence-corrected chi connectivity index (χ4v) is 3.90. The van der Waals surface area contributed by atoms with Gasteiger partial charge < -0.3 is 5.32 Å². The van der Waals surface area contributed by atoms with Crippen molar-refractivity contribution in [2.24, 2.45) is 0 Å². The van der Waals surface area contributed by atoms with Crippen LogP contribution in [0.5, 0.6) is 0 Å². The predicted octanol–water partition coefficient (Wildman–Crippen LogP) is 1.72. The van der Waals surface area contributed by atoms with E-state index in [1.54, 1.807) is 0 Å². The van der Waals surface area contributed by atoms with E-state index >= 15 is 0 Å². The van der Waals surface area contributed by atoms with Gasteiger partial charge in [0.2, 0.25) is 0 Å². The first-order valence-electron chi connectivity index (χ1n) is 7.59. The molecular weight excluding hydrogens is 236 g/mol. The Bertz CT molecular complexity index is 461. The predicted molar refractivity (Wildman–Crippen MR) is 76.3 cm³/mol. The number of anilines is 1. The van der Waals surface area contributed by atoms with E-state index in [0.29, 0.717) is 6.04 Å². The fraction of sp³-hybridized carbons (Fsp3) is 0.667. The SMILES string of the molecule is c1cnc2c(c1)NCC2N1CCN2CCCCC2C1. The summed E-state index contributed by atoms with van der Waals surface area (Å²) < 4.78 is 0. The smallest absolute Gasteiger partial charge is 0.0824 e. The summed E-state index contributed by atoms with van der Waals surface area (Å²) >= 11 is 0. The van der Waals surface area contributed by atoms with E-state index in [1.165, 1.54) is 56.8 Å². The minimum Gasteiger partial charge on any atom is -0.382 e. The molecule has 0 amide bonds. The number of piperidine rings is 1. The number of fused-ring (bicyclic) bond motifs is 2. The Morgan fingerprint density at radius 1 is 1.16 bits per heavy atom. The van der Waals surface area contributed by atoms with Gasteiger partial charge in [-0.05, 0) is 31.5 Å². The average Bonchev–Trinajstić information content (AvgIpc) is 2.91. The summed E-state index contributed by atoms with van der Waals surface area (Å²) in [5, 5.41) is 3.50. The van der Waals surface area contributed by atoms with E-state index in [1.807, 2.05) is 12.3 Å². The van der Waals surface area contributed by atoms with Gasteiger partial charge in [0.15, 0.2) is 0 Å². The van der Waals surface area contributed by atoms with Gasteiger partial charge in [0.25, 0.3) is 0 Å². The van der Waals surface area contributed by atoms with E-state index in [2.05, 4.69) is 26.2 Å². The second-order valence-corrected chi connectivity index (χ2v) is 6.01. The Morgan fingerprint density at radius 3 is 3.11 bits per heavy atom. The molecule has 0 aromatic carbocycles. The molecule has 0 saturated carbocycles. The first-order valence-corrected chi connectivity index (χ1v) is 7.59. The van der Waals surface area contributed by atoms with E-state index in [4.69, 9.17) is 0 Å². The van der Waals surface area contributed by atoms with Gasteiger partial charge in [0.1, 0.15) is 0 Å². The second-order valence-electron chi connectivity index (χ2n) is 6.01. The van der Waals surface area contributed by atoms with Gasteiger partial charge in [-0.1, -0.05) is 6.42 Å². The van der Waals surface area contributed by atoms with E-state index in [-0.39, 0.29) is 0 Å². The number of hydrogen-bond acceptors (Lipinski definition) is 4. The average molecular weight is 258 g/mol. The quantitative estimate of drug-likeness (QED) is 0.831. The molecule has 1 N–H and O–H groups in total. The zero-order chi connectivity index (χ0) is 12.7. The van der Waals surface area contributed by atoms with Crippen LogP contribution in [0.25, 0.3) is 0 Å². The van der Waals surface area contributed by atoms with Crippen LogP contribution in [0.4, 0.5) is 5.69 Å². The lowest BCUT2D eigenvalue weighted by Crippen LogP contribution is -2.55. The summed E-state index contributed by atoms with van der Waals surface area (Å²) in [5.74, 6) is 0. The van der Waals surface area contributed by atoms with Crippen LogP contribution in [0, 0.1) is 0 Å². The van der Waals surface area contributed by atoms with Crippen molar-refractivity contribution in [1.29, 1.82) is 0 Å². The summed E-state index contributed by atoms with van der Waals surface area (Å²) in [7, 11) is 0. The van der Waals surface area contributed by atoms with Crippen molar-refractivity contribution in [1.82, 2.24) is 14.8 Å². The minimum absolute atomic E-state index is 0.486. The lowest BCUT2D eigenvalue weighted by atomic mass is 9.98. The van der Waals surface area contributed by atoms with E-state index in [9.17, 15) is 0 Å². The van der Waals surface area contributed by atoms with Crippen molar-refractivity contribution in [2.45, 2.75) is 31.3 Å². The highest BCUT2D eigenvalue weighted by Gasteiger charge is 2.35. The molecule has 0 aliphatic carbocycles. The molecule has 4 heterocycles. The summed E-state index contributed by atoms with van der Waals surface area (Å²) in [4.78, 5) is 9.95. The van der Waals surface area contributed by atoms with Gasteiger partial charge in [-0.25, -0.2) is 0 Å². The highest BCUT2D eigenvalue weighted by Crippen LogP contribution is 2.34. The summed E-state index contributed by atoms with van der Waals surface area (Å²) in [6, 6.07) is 5.45. The molecular formula is C15H22N4. The molecule has 1 aromatic rings. The van der Waals surface area contributed by atoms with Gasteiger partial charge in [-0.3, -0.25) is 14.8 Å². The molecule has 0 bridgehead atoms. The topological polar surface area (TPSA) is 31.4 Å². The van der Waals surface area contributed by atoms with Crippen LogP contribution < -0.4 is 5.32 Å². The number of aromatic nitrogens is 1. The number of pyridine rings is 1. The first kappa shape index (κ1) is 11.7. The molecule has 4 rings (SSSR count). The minimum atomic E-state index is 0.486. The second kappa shape index (κ2) is 4.76. The summed E-state index contributed by atoms with van der Waals surface area (Å²) in [6.07, 6.45) is 6.11. The largest absolute Gasteiger partial charge is 0.382 e. The van der Waals surface area contributed by atoms with Crippen molar-refractivity contribution in [3.05, 3.63) is 24.0 Å². The molecule has 102 valence electrons. The third kappa shape index (κ3) is 2.03. The standard InChI is InChI=1S/C15H22N4/c1-2-7-18-8-9-19(11-12(18)4-1)14-10-17-13-5-3-6-16-15(13)14/h3,5-6,12,14,17H,1-2,4,7-11H2. The summed E-state index contributed by atoms with van der Waals surface area (Å²) in [6.45, 7) is 6.00. The lowest BCUT2D eigenvalue weighted by molar-refractivity contribution is 0.0301. The van der Waals surface area contributed by atoms with Crippen molar-refractivity contribution in [2.75, 3.05) is 38.0 Å².